The zero-order valence-electron chi connectivity index (χ0n) is 8.07. The van der Waals surface area contributed by atoms with Crippen molar-refractivity contribution in [2.45, 2.75) is 44.9 Å². The molecule has 0 unspecified atom stereocenters. The van der Waals surface area contributed by atoms with E-state index in [4.69, 9.17) is 10.2 Å². The van der Waals surface area contributed by atoms with E-state index in [0.29, 0.717) is 6.42 Å². The maximum absolute atomic E-state index is 10.2. The third-order valence-electron chi connectivity index (χ3n) is 1.88. The summed E-state index contributed by atoms with van der Waals surface area (Å²) in [6.07, 6.45) is 5.13. The van der Waals surface area contributed by atoms with Gasteiger partial charge in [-0.05, 0) is 12.8 Å². The lowest BCUT2D eigenvalue weighted by molar-refractivity contribution is -0.259. The molecule has 0 bridgehead atoms. The van der Waals surface area contributed by atoms with Gasteiger partial charge in [-0.25, -0.2) is 0 Å². The van der Waals surface area contributed by atoms with Crippen molar-refractivity contribution in [2.75, 3.05) is 0 Å². The van der Waals surface area contributed by atoms with Crippen LogP contribution in [0.4, 0.5) is 0 Å². The zero-order valence-corrected chi connectivity index (χ0v) is 8.89. The van der Waals surface area contributed by atoms with E-state index in [1.807, 2.05) is 0 Å². The third-order valence-corrected chi connectivity index (χ3v) is 2.07. The molecule has 0 fully saturated rings. The minimum absolute atomic E-state index is 0.106. The molecule has 0 amide bonds. The summed E-state index contributed by atoms with van der Waals surface area (Å²) in [6.45, 7) is 0. The van der Waals surface area contributed by atoms with Gasteiger partial charge in [-0.15, -0.1) is 0 Å². The Hall–Kier alpha value is -0.840. The van der Waals surface area contributed by atoms with Crippen molar-refractivity contribution in [3.8, 4) is 0 Å². The van der Waals surface area contributed by atoms with E-state index in [-0.39, 0.29) is 12.4 Å². The number of hydrogen-bond acceptors (Lipinski definition) is 2. The maximum atomic E-state index is 10.2. The molecule has 0 aliphatic carbocycles. The normalized spacial score (nSPS) is 11.6. The molecule has 0 saturated heterocycles. The number of rotatable bonds is 8. The molecule has 0 radical (unpaired) electrons. The number of carbonyl (C=O) groups is 1. The van der Waals surface area contributed by atoms with Crippen LogP contribution in [0.25, 0.3) is 0 Å². The maximum Gasteiger partial charge on any atom is 0.466 e. The molecule has 0 aromatic rings. The Morgan fingerprint density at radius 2 is 1.50 bits per heavy atom. The molecule has 0 aliphatic rings. The van der Waals surface area contributed by atoms with Crippen molar-refractivity contribution in [3.05, 3.63) is 0 Å². The lowest BCUT2D eigenvalue weighted by atomic mass is 10.1. The van der Waals surface area contributed by atoms with Crippen LogP contribution in [-0.4, -0.2) is 22.2 Å². The van der Waals surface area contributed by atoms with Gasteiger partial charge in [-0.1, -0.05) is 19.3 Å². The molecular weight excluding hydrogens is 204 g/mol. The number of hydrogen-bond donors (Lipinski definition) is 2. The van der Waals surface area contributed by atoms with Gasteiger partial charge in [-0.2, -0.15) is 0 Å². The van der Waals surface area contributed by atoms with Gasteiger partial charge in [0, 0.05) is 6.42 Å². The molecule has 2 N–H and O–H groups in total. The van der Waals surface area contributed by atoms with Crippen molar-refractivity contribution in [3.63, 3.8) is 0 Å². The number of carboxylic acid groups (broad SMARTS) is 2. The van der Waals surface area contributed by atoms with E-state index < -0.39 is 5.97 Å². The monoisotopic (exact) mass is 220 g/mol. The quantitative estimate of drug-likeness (QED) is 0.372. The standard InChI is InChI=1S/C9H16O4S/c10-8(11)6-4-2-1-3-5-7-9(12)13-14/h12H,1-7H2,(H,10,11). The van der Waals surface area contributed by atoms with Crippen LogP contribution in [0.3, 0.4) is 0 Å². The molecule has 14 heavy (non-hydrogen) atoms. The van der Waals surface area contributed by atoms with Gasteiger partial charge in [-0.3, -0.25) is 4.79 Å². The van der Waals surface area contributed by atoms with Crippen molar-refractivity contribution >= 4 is 24.8 Å². The minimum Gasteiger partial charge on any atom is -0.481 e. The molecule has 0 heterocycles. The molecule has 4 nitrogen and oxygen atoms in total. The fourth-order valence-corrected chi connectivity index (χ4v) is 1.21. The number of unbranched alkanes of at least 4 members (excludes halogenated alkanes) is 4. The first kappa shape index (κ1) is 13.2. The number of aliphatic hydroxyl groups excluding tert-OH is 1. The summed E-state index contributed by atoms with van der Waals surface area (Å²) >= 11 is 4.17. The Bertz CT molecular complexity index is 191. The lowest BCUT2D eigenvalue weighted by Gasteiger charge is -1.97. The molecule has 0 aromatic carbocycles. The summed E-state index contributed by atoms with van der Waals surface area (Å²) in [6, 6.07) is 0. The second-order valence-corrected chi connectivity index (χ2v) is 3.31. The molecule has 0 rings (SSSR count). The highest BCUT2D eigenvalue weighted by Gasteiger charge is 2.03. The van der Waals surface area contributed by atoms with Crippen LogP contribution >= 0.6 is 0 Å². The summed E-state index contributed by atoms with van der Waals surface area (Å²) < 4.78 is 4.19. The summed E-state index contributed by atoms with van der Waals surface area (Å²) in [4.78, 5) is 10.2. The second kappa shape index (κ2) is 8.74. The highest BCUT2D eigenvalue weighted by molar-refractivity contribution is 7.50. The summed E-state index contributed by atoms with van der Waals surface area (Å²) in [5.41, 5.74) is 0. The van der Waals surface area contributed by atoms with Gasteiger partial charge in [0.1, 0.15) is 6.42 Å². The van der Waals surface area contributed by atoms with Crippen LogP contribution in [0, 0.1) is 0 Å². The number of aliphatic carboxylic acids is 2. The van der Waals surface area contributed by atoms with E-state index >= 15 is 0 Å². The molecule has 0 atom stereocenters. The van der Waals surface area contributed by atoms with Crippen LogP contribution in [0.1, 0.15) is 44.9 Å². The van der Waals surface area contributed by atoms with Crippen LogP contribution in [0.15, 0.2) is 0 Å². The first-order chi connectivity index (χ1) is 6.66. The van der Waals surface area contributed by atoms with Gasteiger partial charge in [0.2, 0.25) is 0 Å². The van der Waals surface area contributed by atoms with Crippen molar-refractivity contribution in [1.82, 2.24) is 0 Å². The Kier molecular flexibility index (Phi) is 8.22. The van der Waals surface area contributed by atoms with E-state index in [1.54, 1.807) is 0 Å². The van der Waals surface area contributed by atoms with Gasteiger partial charge in [0.05, 0.1) is 0 Å². The zero-order chi connectivity index (χ0) is 10.8. The van der Waals surface area contributed by atoms with E-state index in [0.717, 1.165) is 32.1 Å². The molecule has 0 saturated carbocycles. The van der Waals surface area contributed by atoms with Crippen LogP contribution in [0.2, 0.25) is 0 Å². The summed E-state index contributed by atoms with van der Waals surface area (Å²) in [5, 5.41) is 17.2. The SMILES string of the molecule is O=C(O)CCCCCCCC(O)=[O+][S-]. The number of carboxylic acids is 2. The smallest absolute Gasteiger partial charge is 0.466 e. The highest BCUT2D eigenvalue weighted by Crippen LogP contribution is 2.07. The fourth-order valence-electron chi connectivity index (χ4n) is 1.12. The van der Waals surface area contributed by atoms with Crippen LogP contribution in [0.5, 0.6) is 0 Å². The summed E-state index contributed by atoms with van der Waals surface area (Å²) in [5.74, 6) is -0.846. The average molecular weight is 220 g/mol. The Labute approximate surface area is 89.3 Å². The molecule has 0 aliphatic heterocycles. The first-order valence-corrected chi connectivity index (χ1v) is 5.06. The average Bonchev–Trinajstić information content (AvgIpc) is 2.15. The van der Waals surface area contributed by atoms with Crippen LogP contribution < -0.4 is 0 Å². The van der Waals surface area contributed by atoms with Crippen molar-refractivity contribution < 1.29 is 18.9 Å². The topological polar surface area (TPSA) is 68.8 Å². The predicted molar refractivity (Wildman–Crippen MR) is 55.0 cm³/mol. The van der Waals surface area contributed by atoms with E-state index in [2.05, 4.69) is 16.8 Å². The molecule has 0 aromatic heterocycles. The Balaban J connectivity index is 3.10. The van der Waals surface area contributed by atoms with Crippen LogP contribution in [-0.2, 0) is 21.6 Å². The largest absolute Gasteiger partial charge is 0.481 e. The van der Waals surface area contributed by atoms with E-state index in [1.165, 1.54) is 0 Å². The van der Waals surface area contributed by atoms with Gasteiger partial charge >= 0.3 is 11.9 Å². The van der Waals surface area contributed by atoms with Gasteiger partial charge in [0.15, 0.2) is 0 Å². The van der Waals surface area contributed by atoms with E-state index in [9.17, 15) is 4.79 Å². The molecular formula is C9H16O4S. The highest BCUT2D eigenvalue weighted by atomic mass is 32.1. The van der Waals surface area contributed by atoms with Gasteiger partial charge in [0.25, 0.3) is 0 Å². The Morgan fingerprint density at radius 3 is 2.00 bits per heavy atom. The predicted octanol–water partition coefficient (Wildman–Crippen LogP) is 1.88. The first-order valence-electron chi connectivity index (χ1n) is 4.73. The molecule has 0 spiro atoms. The minimum atomic E-state index is -0.740. The lowest BCUT2D eigenvalue weighted by Crippen LogP contribution is -1.97. The molecule has 5 heteroatoms. The second-order valence-electron chi connectivity index (χ2n) is 3.14. The van der Waals surface area contributed by atoms with Crippen molar-refractivity contribution in [1.29, 1.82) is 0 Å². The third kappa shape index (κ3) is 9.25. The van der Waals surface area contributed by atoms with Gasteiger partial charge < -0.3 is 27.0 Å². The Morgan fingerprint density at radius 1 is 1.00 bits per heavy atom. The summed E-state index contributed by atoms with van der Waals surface area (Å²) in [7, 11) is 0. The van der Waals surface area contributed by atoms with Crippen molar-refractivity contribution in [2.24, 2.45) is 0 Å². The fraction of sp³-hybridized carbons (Fsp3) is 0.778. The molecule has 82 valence electrons.